The maximum absolute atomic E-state index is 13.4. The maximum atomic E-state index is 13.4. The third kappa shape index (κ3) is 3.15. The highest BCUT2D eigenvalue weighted by atomic mass is 32.1. The molecule has 0 saturated carbocycles. The zero-order valence-corrected chi connectivity index (χ0v) is 11.0. The zero-order valence-electron chi connectivity index (χ0n) is 10.2. The fraction of sp³-hybridized carbons (Fsp3) is 0.286. The molecule has 96 valence electrons. The number of hydrogen-bond acceptors (Lipinski definition) is 2. The Balaban J connectivity index is 1.94. The smallest absolute Gasteiger partial charge is 0.127 e. The quantitative estimate of drug-likeness (QED) is 0.867. The van der Waals surface area contributed by atoms with Crippen LogP contribution >= 0.6 is 11.3 Å². The molecule has 4 heteroatoms. The van der Waals surface area contributed by atoms with Crippen LogP contribution in [-0.4, -0.2) is 0 Å². The molecule has 0 radical (unpaired) electrons. The number of nitrogens with one attached hydrogen (secondary N) is 1. The van der Waals surface area contributed by atoms with Crippen molar-refractivity contribution in [3.8, 4) is 0 Å². The number of aryl methyl sites for hydroxylation is 1. The van der Waals surface area contributed by atoms with E-state index in [0.717, 1.165) is 18.6 Å². The molecule has 1 nitrogen and oxygen atoms in total. The van der Waals surface area contributed by atoms with Gasteiger partial charge in [0.1, 0.15) is 11.6 Å². The van der Waals surface area contributed by atoms with E-state index in [4.69, 9.17) is 0 Å². The minimum atomic E-state index is -0.404. The molecule has 18 heavy (non-hydrogen) atoms. The van der Waals surface area contributed by atoms with Crippen LogP contribution < -0.4 is 5.32 Å². The molecule has 0 amide bonds. The van der Waals surface area contributed by atoms with Crippen LogP contribution in [0.15, 0.2) is 29.6 Å². The van der Waals surface area contributed by atoms with Crippen molar-refractivity contribution in [2.45, 2.75) is 26.4 Å². The second-order valence-electron chi connectivity index (χ2n) is 4.06. The molecule has 0 fully saturated rings. The molecule has 0 atom stereocenters. The van der Waals surface area contributed by atoms with E-state index in [0.29, 0.717) is 18.7 Å². The summed E-state index contributed by atoms with van der Waals surface area (Å²) in [5.41, 5.74) is 1.68. The summed E-state index contributed by atoms with van der Waals surface area (Å²) in [5, 5.41) is 5.20. The lowest BCUT2D eigenvalue weighted by Crippen LogP contribution is -2.14. The monoisotopic (exact) mass is 267 g/mol. The van der Waals surface area contributed by atoms with E-state index >= 15 is 0 Å². The molecule has 0 unspecified atom stereocenters. The summed E-state index contributed by atoms with van der Waals surface area (Å²) >= 11 is 1.69. The highest BCUT2D eigenvalue weighted by molar-refractivity contribution is 7.10. The van der Waals surface area contributed by atoms with Crippen molar-refractivity contribution in [3.05, 3.63) is 57.3 Å². The molecule has 0 saturated heterocycles. The molecule has 1 aromatic heterocycles. The second kappa shape index (κ2) is 6.07. The van der Waals surface area contributed by atoms with Gasteiger partial charge in [0, 0.05) is 23.5 Å². The molecule has 0 aliphatic carbocycles. The van der Waals surface area contributed by atoms with E-state index in [1.165, 1.54) is 16.5 Å². The molecule has 0 aliphatic rings. The average molecular weight is 267 g/mol. The van der Waals surface area contributed by atoms with Gasteiger partial charge in [0.15, 0.2) is 0 Å². The number of benzene rings is 1. The van der Waals surface area contributed by atoms with Gasteiger partial charge in [0.05, 0.1) is 0 Å². The lowest BCUT2D eigenvalue weighted by Gasteiger charge is -2.06. The van der Waals surface area contributed by atoms with Crippen molar-refractivity contribution in [1.82, 2.24) is 5.32 Å². The standard InChI is InChI=1S/C14H15F2NS/c1-2-10-5-6-18-14(10)9-17-8-11-7-12(15)3-4-13(11)16/h3-7,17H,2,8-9H2,1H3. The summed E-state index contributed by atoms with van der Waals surface area (Å²) in [6, 6.07) is 5.63. The van der Waals surface area contributed by atoms with E-state index < -0.39 is 5.82 Å². The van der Waals surface area contributed by atoms with Gasteiger partial charge in [0.25, 0.3) is 0 Å². The van der Waals surface area contributed by atoms with Crippen molar-refractivity contribution in [3.63, 3.8) is 0 Å². The van der Waals surface area contributed by atoms with Crippen molar-refractivity contribution in [1.29, 1.82) is 0 Å². The van der Waals surface area contributed by atoms with E-state index in [2.05, 4.69) is 23.7 Å². The maximum Gasteiger partial charge on any atom is 0.127 e. The van der Waals surface area contributed by atoms with E-state index in [1.807, 2.05) is 0 Å². The van der Waals surface area contributed by atoms with Crippen LogP contribution in [0.25, 0.3) is 0 Å². The molecule has 1 N–H and O–H groups in total. The van der Waals surface area contributed by atoms with Crippen LogP contribution in [0.2, 0.25) is 0 Å². The van der Waals surface area contributed by atoms with Crippen LogP contribution in [0.4, 0.5) is 8.78 Å². The van der Waals surface area contributed by atoms with E-state index in [1.54, 1.807) is 11.3 Å². The Morgan fingerprint density at radius 3 is 2.72 bits per heavy atom. The largest absolute Gasteiger partial charge is 0.308 e. The first kappa shape index (κ1) is 13.2. The number of rotatable bonds is 5. The average Bonchev–Trinajstić information content (AvgIpc) is 2.81. The van der Waals surface area contributed by atoms with Gasteiger partial charge in [-0.1, -0.05) is 6.92 Å². The molecular formula is C14H15F2NS. The van der Waals surface area contributed by atoms with Gasteiger partial charge >= 0.3 is 0 Å². The second-order valence-corrected chi connectivity index (χ2v) is 5.06. The molecule has 2 rings (SSSR count). The number of halogens is 2. The van der Waals surface area contributed by atoms with Gasteiger partial charge in [-0.25, -0.2) is 8.78 Å². The van der Waals surface area contributed by atoms with Gasteiger partial charge in [-0.05, 0) is 41.6 Å². The van der Waals surface area contributed by atoms with Crippen LogP contribution in [0.1, 0.15) is 22.9 Å². The Kier molecular flexibility index (Phi) is 4.44. The summed E-state index contributed by atoms with van der Waals surface area (Å²) in [6.07, 6.45) is 0.995. The van der Waals surface area contributed by atoms with Gasteiger partial charge in [-0.15, -0.1) is 11.3 Å². The molecule has 0 spiro atoms. The highest BCUT2D eigenvalue weighted by Crippen LogP contribution is 2.17. The van der Waals surface area contributed by atoms with Crippen LogP contribution in [0.3, 0.4) is 0 Å². The SMILES string of the molecule is CCc1ccsc1CNCc1cc(F)ccc1F. The summed E-state index contributed by atoms with van der Waals surface area (Å²) in [5.74, 6) is -0.774. The highest BCUT2D eigenvalue weighted by Gasteiger charge is 2.05. The van der Waals surface area contributed by atoms with Gasteiger partial charge in [-0.2, -0.15) is 0 Å². The van der Waals surface area contributed by atoms with Crippen molar-refractivity contribution in [2.75, 3.05) is 0 Å². The van der Waals surface area contributed by atoms with Gasteiger partial charge in [-0.3, -0.25) is 0 Å². The zero-order chi connectivity index (χ0) is 13.0. The van der Waals surface area contributed by atoms with Crippen molar-refractivity contribution < 1.29 is 8.78 Å². The van der Waals surface area contributed by atoms with E-state index in [-0.39, 0.29) is 5.82 Å². The minimum Gasteiger partial charge on any atom is -0.308 e. The Morgan fingerprint density at radius 1 is 1.11 bits per heavy atom. The normalized spacial score (nSPS) is 10.8. The number of thiophene rings is 1. The van der Waals surface area contributed by atoms with Crippen molar-refractivity contribution >= 4 is 11.3 Å². The Hall–Kier alpha value is -1.26. The summed E-state index contributed by atoms with van der Waals surface area (Å²) in [4.78, 5) is 1.26. The van der Waals surface area contributed by atoms with Crippen LogP contribution in [-0.2, 0) is 19.5 Å². The first-order valence-corrected chi connectivity index (χ1v) is 6.78. The lowest BCUT2D eigenvalue weighted by atomic mass is 10.2. The number of hydrogen-bond donors (Lipinski definition) is 1. The fourth-order valence-electron chi connectivity index (χ4n) is 1.83. The fourth-order valence-corrected chi connectivity index (χ4v) is 2.77. The molecule has 1 aromatic carbocycles. The third-order valence-electron chi connectivity index (χ3n) is 2.83. The summed E-state index contributed by atoms with van der Waals surface area (Å²) < 4.78 is 26.4. The summed E-state index contributed by atoms with van der Waals surface area (Å²) in [7, 11) is 0. The Morgan fingerprint density at radius 2 is 1.94 bits per heavy atom. The molecule has 2 aromatic rings. The molecule has 1 heterocycles. The van der Waals surface area contributed by atoms with Gasteiger partial charge in [0.2, 0.25) is 0 Å². The predicted octanol–water partition coefficient (Wildman–Crippen LogP) is 3.88. The first-order chi connectivity index (χ1) is 8.70. The van der Waals surface area contributed by atoms with Crippen LogP contribution in [0.5, 0.6) is 0 Å². The first-order valence-electron chi connectivity index (χ1n) is 5.90. The lowest BCUT2D eigenvalue weighted by molar-refractivity contribution is 0.569. The molecular weight excluding hydrogens is 252 g/mol. The Labute approximate surface area is 109 Å². The van der Waals surface area contributed by atoms with Crippen molar-refractivity contribution in [2.24, 2.45) is 0 Å². The molecule has 0 aliphatic heterocycles. The predicted molar refractivity (Wildman–Crippen MR) is 70.6 cm³/mol. The van der Waals surface area contributed by atoms with Gasteiger partial charge < -0.3 is 5.32 Å². The Bertz CT molecular complexity index is 522. The van der Waals surface area contributed by atoms with E-state index in [9.17, 15) is 8.78 Å². The summed E-state index contributed by atoms with van der Waals surface area (Å²) in [6.45, 7) is 3.14. The molecule has 0 bridgehead atoms. The van der Waals surface area contributed by atoms with Crippen LogP contribution in [0, 0.1) is 11.6 Å². The topological polar surface area (TPSA) is 12.0 Å². The minimum absolute atomic E-state index is 0.338. The third-order valence-corrected chi connectivity index (χ3v) is 3.79.